The molecule has 6 unspecified atom stereocenters. The molecule has 1 heterocycles. The third kappa shape index (κ3) is 7.00. The summed E-state index contributed by atoms with van der Waals surface area (Å²) in [6.45, 7) is 2.40. The maximum Gasteiger partial charge on any atom is 0.239 e. The number of hydrogen-bond acceptors (Lipinski definition) is 13. The number of nitrogens with zero attached hydrogens (tertiary/aromatic N) is 1. The molecule has 16 heteroatoms. The third-order valence-electron chi connectivity index (χ3n) is 9.01. The van der Waals surface area contributed by atoms with Crippen LogP contribution in [-0.4, -0.2) is 119 Å². The van der Waals surface area contributed by atoms with Crippen LogP contribution in [-0.2, 0) is 30.3 Å². The van der Waals surface area contributed by atoms with E-state index >= 15 is 0 Å². The minimum atomic E-state index is -2.10. The molecule has 1 saturated heterocycles. The fourth-order valence-corrected chi connectivity index (χ4v) is 6.55. The lowest BCUT2D eigenvalue weighted by molar-refractivity contribution is -0.249. The normalized spacial score (nSPS) is 25.8. The Balaban J connectivity index is 0.00000541. The van der Waals surface area contributed by atoms with Gasteiger partial charge in [-0.25, -0.2) is 0 Å². The number of aliphatic hydroxyl groups excluding tert-OH is 1. The van der Waals surface area contributed by atoms with Crippen molar-refractivity contribution in [2.45, 2.75) is 69.4 Å². The van der Waals surface area contributed by atoms with Crippen LogP contribution in [0.5, 0.6) is 17.2 Å². The molecule has 0 spiro atoms. The Morgan fingerprint density at radius 3 is 2.37 bits per heavy atom. The molecule has 5 rings (SSSR count). The Morgan fingerprint density at radius 2 is 1.73 bits per heavy atom. The number of benzene rings is 2. The Hall–Kier alpha value is -4.12. The number of amides is 2. The van der Waals surface area contributed by atoms with Gasteiger partial charge in [-0.15, -0.1) is 12.4 Å². The molecule has 1 fully saturated rings. The van der Waals surface area contributed by atoms with Crippen LogP contribution in [0.15, 0.2) is 18.2 Å². The number of likely N-dealkylation sites (N-methyl/N-ethyl adjacent to an activating group) is 1. The summed E-state index contributed by atoms with van der Waals surface area (Å²) in [6, 6.07) is 3.45. The first kappa shape index (κ1) is 37.7. The zero-order valence-corrected chi connectivity index (χ0v) is 28.4. The highest BCUT2D eigenvalue weighted by Crippen LogP contribution is 2.52. The van der Waals surface area contributed by atoms with Gasteiger partial charge in [0, 0.05) is 36.0 Å². The highest BCUT2D eigenvalue weighted by molar-refractivity contribution is 6.31. The van der Waals surface area contributed by atoms with Crippen LogP contribution in [0, 0.1) is 0 Å². The van der Waals surface area contributed by atoms with Crippen LogP contribution in [0.2, 0.25) is 0 Å². The second-order valence-electron chi connectivity index (χ2n) is 12.7. The summed E-state index contributed by atoms with van der Waals surface area (Å²) in [5.41, 5.74) is -3.50. The number of phenols is 2. The first-order chi connectivity index (χ1) is 22.6. The molecule has 266 valence electrons. The van der Waals surface area contributed by atoms with Crippen molar-refractivity contribution < 1.29 is 58.6 Å². The van der Waals surface area contributed by atoms with Crippen molar-refractivity contribution >= 4 is 41.6 Å². The molecule has 1 aliphatic heterocycles. The number of ketones is 3. The molecule has 0 saturated carbocycles. The van der Waals surface area contributed by atoms with Crippen LogP contribution in [0.1, 0.15) is 75.8 Å². The van der Waals surface area contributed by atoms with Gasteiger partial charge in [0.05, 0.1) is 55.1 Å². The smallest absolute Gasteiger partial charge is 0.239 e. The van der Waals surface area contributed by atoms with E-state index < -0.39 is 95.0 Å². The monoisotopic (exact) mass is 705 g/mol. The van der Waals surface area contributed by atoms with E-state index in [1.54, 1.807) is 19.0 Å². The number of fused-ring (bicyclic) bond motifs is 3. The quantitative estimate of drug-likeness (QED) is 0.165. The number of hydrogen-bond donors (Lipinski definition) is 6. The molecular weight excluding hydrogens is 666 g/mol. The predicted molar refractivity (Wildman–Crippen MR) is 173 cm³/mol. The molecule has 2 aromatic rings. The van der Waals surface area contributed by atoms with Crippen LogP contribution >= 0.6 is 12.4 Å². The van der Waals surface area contributed by atoms with E-state index in [1.165, 1.54) is 32.2 Å². The summed E-state index contributed by atoms with van der Waals surface area (Å²) in [5, 5.41) is 50.5. The van der Waals surface area contributed by atoms with Gasteiger partial charge < -0.3 is 50.2 Å². The second kappa shape index (κ2) is 14.4. The van der Waals surface area contributed by atoms with E-state index in [-0.39, 0.29) is 65.8 Å². The lowest BCUT2D eigenvalue weighted by Crippen LogP contribution is -2.57. The Morgan fingerprint density at radius 1 is 1.06 bits per heavy atom. The van der Waals surface area contributed by atoms with Crippen molar-refractivity contribution in [2.75, 3.05) is 34.3 Å². The van der Waals surface area contributed by atoms with Crippen LogP contribution < -0.4 is 15.4 Å². The number of ether oxygens (including phenoxy) is 3. The van der Waals surface area contributed by atoms with Gasteiger partial charge in [-0.2, -0.15) is 0 Å². The zero-order valence-electron chi connectivity index (χ0n) is 27.6. The average molecular weight is 706 g/mol. The first-order valence-electron chi connectivity index (χ1n) is 15.4. The van der Waals surface area contributed by atoms with E-state index in [9.17, 15) is 44.4 Å². The predicted octanol–water partition coefficient (Wildman–Crippen LogP) is 0.286. The molecule has 3 aliphatic rings. The standard InChI is InChI=1S/C33H39N3O12.ClH/c1-14-28(40)18(35-21(38)12-34-22(39)13-36(3)4)9-23(47-14)48-20-11-33(45,15(2)37)10-17-25(20)32(44)27-26(30(17)42)29(41)16-7-6-8-19(46-5)24(16)31(27)43;/h6-8,14,18,20,23,28,40,42,44-45H,9-13H2,1-5H3,(H,34,39)(H,35,38);1H. The van der Waals surface area contributed by atoms with E-state index in [0.717, 1.165) is 6.92 Å². The minimum absolute atomic E-state index is 0. The minimum Gasteiger partial charge on any atom is -0.507 e. The van der Waals surface area contributed by atoms with Crippen molar-refractivity contribution in [3.8, 4) is 17.2 Å². The Labute approximate surface area is 287 Å². The largest absolute Gasteiger partial charge is 0.507 e. The molecule has 2 aromatic carbocycles. The van der Waals surface area contributed by atoms with Crippen molar-refractivity contribution in [1.29, 1.82) is 0 Å². The Kier molecular flexibility index (Phi) is 11.1. The van der Waals surface area contributed by atoms with Gasteiger partial charge in [0.25, 0.3) is 0 Å². The van der Waals surface area contributed by atoms with Gasteiger partial charge in [-0.05, 0) is 34.0 Å². The number of phenolic OH excluding ortho intramolecular Hbond substituents is 2. The molecule has 0 bridgehead atoms. The number of carbonyl (C=O) groups excluding carboxylic acids is 5. The van der Waals surface area contributed by atoms with E-state index in [0.29, 0.717) is 0 Å². The molecule has 0 aromatic heterocycles. The number of Topliss-reactive ketones (excluding diaryl/α,β-unsaturated/α-hetero) is 1. The number of aliphatic hydroxyl groups is 2. The molecular formula is C33H40ClN3O12. The topological polar surface area (TPSA) is 221 Å². The van der Waals surface area contributed by atoms with Gasteiger partial charge in [0.15, 0.2) is 17.9 Å². The lowest BCUT2D eigenvalue weighted by Gasteiger charge is -2.42. The fraction of sp³-hybridized carbons (Fsp3) is 0.485. The number of halogens is 1. The van der Waals surface area contributed by atoms with E-state index in [1.807, 2.05) is 0 Å². The summed E-state index contributed by atoms with van der Waals surface area (Å²) in [6.07, 6.45) is -5.67. The fourth-order valence-electron chi connectivity index (χ4n) is 6.55. The maximum atomic E-state index is 13.8. The number of aromatic hydroxyl groups is 2. The number of nitrogens with one attached hydrogen (secondary N) is 2. The van der Waals surface area contributed by atoms with Crippen molar-refractivity contribution in [2.24, 2.45) is 0 Å². The lowest BCUT2D eigenvalue weighted by atomic mass is 9.72. The molecule has 2 aliphatic carbocycles. The average Bonchev–Trinajstić information content (AvgIpc) is 3.01. The molecule has 6 N–H and O–H groups in total. The van der Waals surface area contributed by atoms with Crippen LogP contribution in [0.25, 0.3) is 0 Å². The van der Waals surface area contributed by atoms with Crippen LogP contribution in [0.3, 0.4) is 0 Å². The van der Waals surface area contributed by atoms with Crippen molar-refractivity contribution in [3.63, 3.8) is 0 Å². The third-order valence-corrected chi connectivity index (χ3v) is 9.01. The summed E-state index contributed by atoms with van der Waals surface area (Å²) < 4.78 is 17.4. The number of rotatable bonds is 9. The van der Waals surface area contributed by atoms with Gasteiger partial charge in [-0.1, -0.05) is 12.1 Å². The summed E-state index contributed by atoms with van der Waals surface area (Å²) in [4.78, 5) is 66.4. The molecule has 2 amide bonds. The van der Waals surface area contributed by atoms with Crippen molar-refractivity contribution in [3.05, 3.63) is 51.6 Å². The number of carbonyl (C=O) groups is 5. The van der Waals surface area contributed by atoms with Crippen LogP contribution in [0.4, 0.5) is 0 Å². The molecule has 6 atom stereocenters. The highest BCUT2D eigenvalue weighted by atomic mass is 35.5. The molecule has 15 nitrogen and oxygen atoms in total. The first-order valence-corrected chi connectivity index (χ1v) is 15.4. The SMILES string of the molecule is COc1cccc2c1C(=O)c1c(O)c3c(c(O)c1C2=O)CC(O)(C(C)=O)CC3OC1CC(NC(=O)CNC(=O)CN(C)C)C(O)C(C)O1.Cl. The maximum absolute atomic E-state index is 13.8. The summed E-state index contributed by atoms with van der Waals surface area (Å²) >= 11 is 0. The summed E-state index contributed by atoms with van der Waals surface area (Å²) in [5.74, 6) is -4.47. The van der Waals surface area contributed by atoms with Gasteiger partial charge >= 0.3 is 0 Å². The Bertz CT molecular complexity index is 1700. The number of methoxy groups -OCH3 is 1. The molecule has 0 radical (unpaired) electrons. The van der Waals surface area contributed by atoms with Gasteiger partial charge in [-0.3, -0.25) is 24.0 Å². The van der Waals surface area contributed by atoms with Crippen molar-refractivity contribution in [1.82, 2.24) is 15.5 Å². The van der Waals surface area contributed by atoms with Gasteiger partial charge in [0.1, 0.15) is 29.0 Å². The zero-order chi connectivity index (χ0) is 35.2. The summed E-state index contributed by atoms with van der Waals surface area (Å²) in [7, 11) is 4.72. The molecule has 49 heavy (non-hydrogen) atoms. The van der Waals surface area contributed by atoms with Gasteiger partial charge in [0.2, 0.25) is 17.6 Å². The second-order valence-corrected chi connectivity index (χ2v) is 12.7. The highest BCUT2D eigenvalue weighted by Gasteiger charge is 2.49. The van der Waals surface area contributed by atoms with E-state index in [4.69, 9.17) is 14.2 Å². The van der Waals surface area contributed by atoms with E-state index in [2.05, 4.69) is 10.6 Å².